The van der Waals surface area contributed by atoms with Gasteiger partial charge in [-0.2, -0.15) is 0 Å². The average molecular weight is 384 g/mol. The van der Waals surface area contributed by atoms with Crippen molar-refractivity contribution in [3.05, 3.63) is 47.0 Å². The number of fused-ring (bicyclic) bond motifs is 2. The number of oxime groups is 1. The Hall–Kier alpha value is -2.93. The van der Waals surface area contributed by atoms with E-state index in [1.165, 1.54) is 5.56 Å². The first-order valence-electron chi connectivity index (χ1n) is 9.21. The maximum atomic E-state index is 9.74. The summed E-state index contributed by atoms with van der Waals surface area (Å²) in [6.45, 7) is 1.08. The molecule has 0 spiro atoms. The van der Waals surface area contributed by atoms with E-state index in [0.29, 0.717) is 23.6 Å². The minimum absolute atomic E-state index is 0.0229. The summed E-state index contributed by atoms with van der Waals surface area (Å²) < 4.78 is 22.3. The molecule has 0 bridgehead atoms. The molecule has 2 heterocycles. The van der Waals surface area contributed by atoms with Crippen molar-refractivity contribution in [3.8, 4) is 23.0 Å². The van der Waals surface area contributed by atoms with Gasteiger partial charge in [0.2, 0.25) is 12.5 Å². The summed E-state index contributed by atoms with van der Waals surface area (Å²) in [5.41, 5.74) is 3.64. The standard InChI is InChI=1S/C21H24N2O5/c1-23-8-7-14-10-18-20(28-12-27-18)21(26-3)19(14)17(23)11-16(22-24)13-5-4-6-15(9-13)25-2/h4-6,9-10,17,24H,7-8,11-12H2,1-3H3/b22-16-. The lowest BCUT2D eigenvalue weighted by Gasteiger charge is -2.36. The Bertz CT molecular complexity index is 912. The van der Waals surface area contributed by atoms with Crippen LogP contribution in [0.3, 0.4) is 0 Å². The first-order chi connectivity index (χ1) is 13.7. The van der Waals surface area contributed by atoms with Crippen LogP contribution in [0.15, 0.2) is 35.5 Å². The summed E-state index contributed by atoms with van der Waals surface area (Å²) in [5.74, 6) is 2.79. The van der Waals surface area contributed by atoms with Crippen LogP contribution in [0.5, 0.6) is 23.0 Å². The zero-order chi connectivity index (χ0) is 19.7. The zero-order valence-electron chi connectivity index (χ0n) is 16.3. The number of methoxy groups -OCH3 is 2. The molecule has 1 atom stereocenters. The van der Waals surface area contributed by atoms with Gasteiger partial charge in [0.1, 0.15) is 5.75 Å². The van der Waals surface area contributed by atoms with Gasteiger partial charge < -0.3 is 24.2 Å². The van der Waals surface area contributed by atoms with Crippen LogP contribution >= 0.6 is 0 Å². The minimum Gasteiger partial charge on any atom is -0.497 e. The van der Waals surface area contributed by atoms with E-state index in [1.54, 1.807) is 14.2 Å². The van der Waals surface area contributed by atoms with Crippen molar-refractivity contribution in [2.45, 2.75) is 18.9 Å². The Morgan fingerprint density at radius 2 is 2.11 bits per heavy atom. The molecule has 148 valence electrons. The average Bonchev–Trinajstić information content (AvgIpc) is 3.20. The molecule has 1 N–H and O–H groups in total. The van der Waals surface area contributed by atoms with Crippen LogP contribution in [-0.2, 0) is 6.42 Å². The molecular weight excluding hydrogens is 360 g/mol. The first-order valence-corrected chi connectivity index (χ1v) is 9.21. The first kappa shape index (κ1) is 18.4. The Morgan fingerprint density at radius 3 is 2.86 bits per heavy atom. The topological polar surface area (TPSA) is 72.8 Å². The summed E-state index contributed by atoms with van der Waals surface area (Å²) in [6, 6.07) is 9.56. The molecule has 4 rings (SSSR count). The monoisotopic (exact) mass is 384 g/mol. The van der Waals surface area contributed by atoms with Crippen molar-refractivity contribution in [3.63, 3.8) is 0 Å². The van der Waals surface area contributed by atoms with Gasteiger partial charge in [-0.1, -0.05) is 17.3 Å². The summed E-state index contributed by atoms with van der Waals surface area (Å²) in [7, 11) is 5.33. The largest absolute Gasteiger partial charge is 0.497 e. The Morgan fingerprint density at radius 1 is 1.25 bits per heavy atom. The number of benzene rings is 2. The number of nitrogens with zero attached hydrogens (tertiary/aromatic N) is 2. The van der Waals surface area contributed by atoms with Crippen LogP contribution in [0, 0.1) is 0 Å². The Balaban J connectivity index is 1.74. The molecular formula is C21H24N2O5. The molecule has 28 heavy (non-hydrogen) atoms. The molecule has 0 aliphatic carbocycles. The number of rotatable bonds is 5. The van der Waals surface area contributed by atoms with Crippen molar-refractivity contribution in [2.24, 2.45) is 5.16 Å². The van der Waals surface area contributed by atoms with Crippen LogP contribution in [0.2, 0.25) is 0 Å². The normalized spacial score (nSPS) is 18.7. The second kappa shape index (κ2) is 7.59. The van der Waals surface area contributed by atoms with Crippen LogP contribution in [0.4, 0.5) is 0 Å². The highest BCUT2D eigenvalue weighted by atomic mass is 16.7. The Kier molecular flexibility index (Phi) is 5.00. The predicted octanol–water partition coefficient (Wildman–Crippen LogP) is 3.23. The van der Waals surface area contributed by atoms with Gasteiger partial charge in [-0.05, 0) is 37.2 Å². The molecule has 0 saturated carbocycles. The fourth-order valence-electron chi connectivity index (χ4n) is 3.99. The van der Waals surface area contributed by atoms with Crippen molar-refractivity contribution in [1.29, 1.82) is 0 Å². The maximum absolute atomic E-state index is 9.74. The quantitative estimate of drug-likeness (QED) is 0.485. The van der Waals surface area contributed by atoms with Crippen molar-refractivity contribution >= 4 is 5.71 Å². The van der Waals surface area contributed by atoms with Gasteiger partial charge >= 0.3 is 0 Å². The minimum atomic E-state index is -0.0229. The summed E-state index contributed by atoms with van der Waals surface area (Å²) >= 11 is 0. The van der Waals surface area contributed by atoms with Gasteiger partial charge in [-0.25, -0.2) is 0 Å². The van der Waals surface area contributed by atoms with E-state index in [-0.39, 0.29) is 12.8 Å². The predicted molar refractivity (Wildman–Crippen MR) is 104 cm³/mol. The van der Waals surface area contributed by atoms with E-state index in [2.05, 4.69) is 17.1 Å². The van der Waals surface area contributed by atoms with E-state index in [4.69, 9.17) is 18.9 Å². The van der Waals surface area contributed by atoms with E-state index in [1.807, 2.05) is 30.3 Å². The molecule has 0 radical (unpaired) electrons. The SMILES string of the molecule is COc1cccc(/C(CC2c3c(cc4c(c3OC)OCO4)CCN2C)=N\O)c1. The van der Waals surface area contributed by atoms with Gasteiger partial charge in [0, 0.05) is 30.1 Å². The van der Waals surface area contributed by atoms with Crippen molar-refractivity contribution in [1.82, 2.24) is 4.90 Å². The third-order valence-corrected chi connectivity index (χ3v) is 5.46. The molecule has 2 aromatic carbocycles. The smallest absolute Gasteiger partial charge is 0.231 e. The lowest BCUT2D eigenvalue weighted by Crippen LogP contribution is -2.34. The number of likely N-dealkylation sites (N-methyl/N-ethyl adjacent to an activating group) is 1. The Labute approximate surface area is 164 Å². The molecule has 7 nitrogen and oxygen atoms in total. The highest BCUT2D eigenvalue weighted by Gasteiger charge is 2.34. The molecule has 7 heteroatoms. The van der Waals surface area contributed by atoms with Crippen LogP contribution in [-0.4, -0.2) is 50.4 Å². The summed E-state index contributed by atoms with van der Waals surface area (Å²) in [6.07, 6.45) is 1.41. The molecule has 0 fully saturated rings. The van der Waals surface area contributed by atoms with Crippen LogP contribution in [0.25, 0.3) is 0 Å². The van der Waals surface area contributed by atoms with Crippen molar-refractivity contribution in [2.75, 3.05) is 34.6 Å². The van der Waals surface area contributed by atoms with Gasteiger partial charge in [-0.15, -0.1) is 0 Å². The number of hydrogen-bond donors (Lipinski definition) is 1. The van der Waals surface area contributed by atoms with Crippen molar-refractivity contribution < 1.29 is 24.2 Å². The molecule has 0 amide bonds. The van der Waals surface area contributed by atoms with Gasteiger partial charge in [-0.3, -0.25) is 4.90 Å². The second-order valence-electron chi connectivity index (χ2n) is 6.95. The molecule has 0 saturated heterocycles. The van der Waals surface area contributed by atoms with Crippen LogP contribution < -0.4 is 18.9 Å². The third-order valence-electron chi connectivity index (χ3n) is 5.46. The highest BCUT2D eigenvalue weighted by molar-refractivity contribution is 6.01. The summed E-state index contributed by atoms with van der Waals surface area (Å²) in [5, 5.41) is 13.3. The van der Waals surface area contributed by atoms with Gasteiger partial charge in [0.05, 0.1) is 19.9 Å². The second-order valence-corrected chi connectivity index (χ2v) is 6.95. The molecule has 2 aliphatic heterocycles. The fourth-order valence-corrected chi connectivity index (χ4v) is 3.99. The third kappa shape index (κ3) is 3.11. The van der Waals surface area contributed by atoms with E-state index in [0.717, 1.165) is 35.6 Å². The van der Waals surface area contributed by atoms with E-state index < -0.39 is 0 Å². The van der Waals surface area contributed by atoms with Gasteiger partial charge in [0.25, 0.3) is 0 Å². The molecule has 2 aromatic rings. The van der Waals surface area contributed by atoms with E-state index >= 15 is 0 Å². The van der Waals surface area contributed by atoms with E-state index in [9.17, 15) is 5.21 Å². The molecule has 2 aliphatic rings. The lowest BCUT2D eigenvalue weighted by molar-refractivity contribution is 0.170. The highest BCUT2D eigenvalue weighted by Crippen LogP contribution is 2.50. The fraction of sp³-hybridized carbons (Fsp3) is 0.381. The molecule has 0 aromatic heterocycles. The number of ether oxygens (including phenoxy) is 4. The zero-order valence-corrected chi connectivity index (χ0v) is 16.3. The molecule has 1 unspecified atom stereocenters. The maximum Gasteiger partial charge on any atom is 0.231 e. The lowest BCUT2D eigenvalue weighted by atomic mass is 9.87. The van der Waals surface area contributed by atoms with Gasteiger partial charge in [0.15, 0.2) is 11.5 Å². The summed E-state index contributed by atoms with van der Waals surface area (Å²) in [4.78, 5) is 2.25. The van der Waals surface area contributed by atoms with Crippen LogP contribution in [0.1, 0.15) is 29.2 Å². The number of hydrogen-bond acceptors (Lipinski definition) is 7.